The number of carbonyl (C=O) groups is 1. The zero-order valence-electron chi connectivity index (χ0n) is 16.3. The van der Waals surface area contributed by atoms with Gasteiger partial charge in [0.1, 0.15) is 18.5 Å². The predicted molar refractivity (Wildman–Crippen MR) is 113 cm³/mol. The maximum absolute atomic E-state index is 11.3. The molecular formula is C22H29ClN2O3. The molecule has 2 aromatic carbocycles. The number of carbonyl (C=O) groups excluding carboxylic acids is 1. The Kier molecular flexibility index (Phi) is 8.93. The third kappa shape index (κ3) is 6.91. The SMILES string of the molecule is CC(=O)c1ccc(OCC(O)CN2CCN(Cc3ccccc3)CC2)cc1.Cl. The van der Waals surface area contributed by atoms with Crippen molar-refractivity contribution in [2.24, 2.45) is 0 Å². The zero-order valence-corrected chi connectivity index (χ0v) is 17.1. The predicted octanol–water partition coefficient (Wildman–Crippen LogP) is 2.87. The Hall–Kier alpha value is -1.92. The van der Waals surface area contributed by atoms with E-state index >= 15 is 0 Å². The van der Waals surface area contributed by atoms with Crippen LogP contribution in [0.3, 0.4) is 0 Å². The minimum absolute atomic E-state index is 0. The number of ether oxygens (including phenoxy) is 1. The number of nitrogens with zero attached hydrogens (tertiary/aromatic N) is 2. The van der Waals surface area contributed by atoms with Crippen LogP contribution in [0.5, 0.6) is 5.75 Å². The Morgan fingerprint density at radius 1 is 1.00 bits per heavy atom. The molecule has 6 heteroatoms. The molecule has 1 aliphatic heterocycles. The van der Waals surface area contributed by atoms with Crippen molar-refractivity contribution >= 4 is 18.2 Å². The fourth-order valence-corrected chi connectivity index (χ4v) is 3.30. The van der Waals surface area contributed by atoms with E-state index in [9.17, 15) is 9.90 Å². The molecule has 1 fully saturated rings. The fraction of sp³-hybridized carbons (Fsp3) is 0.409. The molecule has 0 radical (unpaired) electrons. The van der Waals surface area contributed by atoms with Gasteiger partial charge in [0, 0.05) is 44.8 Å². The van der Waals surface area contributed by atoms with Crippen LogP contribution in [0.1, 0.15) is 22.8 Å². The van der Waals surface area contributed by atoms with Gasteiger partial charge in [-0.25, -0.2) is 0 Å². The number of aliphatic hydroxyl groups is 1. The van der Waals surface area contributed by atoms with Crippen molar-refractivity contribution in [3.8, 4) is 5.75 Å². The van der Waals surface area contributed by atoms with Crippen LogP contribution in [-0.4, -0.2) is 66.1 Å². The molecule has 1 atom stereocenters. The van der Waals surface area contributed by atoms with Crippen LogP contribution < -0.4 is 4.74 Å². The topological polar surface area (TPSA) is 53.0 Å². The molecule has 152 valence electrons. The molecule has 1 N–H and O–H groups in total. The summed E-state index contributed by atoms with van der Waals surface area (Å²) >= 11 is 0. The summed E-state index contributed by atoms with van der Waals surface area (Å²) in [5.41, 5.74) is 2.01. The Bertz CT molecular complexity index is 716. The van der Waals surface area contributed by atoms with Crippen molar-refractivity contribution in [2.75, 3.05) is 39.3 Å². The first-order chi connectivity index (χ1) is 13.1. The molecule has 1 unspecified atom stereocenters. The molecular weight excluding hydrogens is 376 g/mol. The van der Waals surface area contributed by atoms with E-state index in [0.717, 1.165) is 32.7 Å². The van der Waals surface area contributed by atoms with Crippen LogP contribution in [-0.2, 0) is 6.54 Å². The number of piperazine rings is 1. The minimum Gasteiger partial charge on any atom is -0.491 e. The molecule has 0 aliphatic carbocycles. The summed E-state index contributed by atoms with van der Waals surface area (Å²) in [5, 5.41) is 10.3. The number of hydrogen-bond donors (Lipinski definition) is 1. The first-order valence-electron chi connectivity index (χ1n) is 9.50. The summed E-state index contributed by atoms with van der Waals surface area (Å²) in [6, 6.07) is 17.6. The van der Waals surface area contributed by atoms with Gasteiger partial charge >= 0.3 is 0 Å². The highest BCUT2D eigenvalue weighted by Crippen LogP contribution is 2.13. The van der Waals surface area contributed by atoms with E-state index in [4.69, 9.17) is 4.74 Å². The third-order valence-electron chi connectivity index (χ3n) is 4.89. The molecule has 2 aromatic rings. The number of rotatable bonds is 8. The lowest BCUT2D eigenvalue weighted by Gasteiger charge is -2.35. The second kappa shape index (κ2) is 11.2. The van der Waals surface area contributed by atoms with Crippen LogP contribution >= 0.6 is 12.4 Å². The van der Waals surface area contributed by atoms with Gasteiger partial charge in [0.25, 0.3) is 0 Å². The zero-order chi connectivity index (χ0) is 19.1. The molecule has 0 spiro atoms. The van der Waals surface area contributed by atoms with Gasteiger partial charge < -0.3 is 9.84 Å². The lowest BCUT2D eigenvalue weighted by Crippen LogP contribution is -2.48. The maximum Gasteiger partial charge on any atom is 0.159 e. The number of β-amino-alcohol motifs (C(OH)–C–C–N with tert-alkyl or cyclic N) is 1. The highest BCUT2D eigenvalue weighted by Gasteiger charge is 2.19. The minimum atomic E-state index is -0.529. The molecule has 0 saturated carbocycles. The lowest BCUT2D eigenvalue weighted by atomic mass is 10.1. The Morgan fingerprint density at radius 3 is 2.21 bits per heavy atom. The van der Waals surface area contributed by atoms with Gasteiger partial charge in [0.05, 0.1) is 0 Å². The normalized spacial score (nSPS) is 16.2. The first-order valence-corrected chi connectivity index (χ1v) is 9.50. The van der Waals surface area contributed by atoms with E-state index in [1.165, 1.54) is 5.56 Å². The second-order valence-corrected chi connectivity index (χ2v) is 7.11. The van der Waals surface area contributed by atoms with E-state index < -0.39 is 6.10 Å². The van der Waals surface area contributed by atoms with E-state index in [-0.39, 0.29) is 24.8 Å². The van der Waals surface area contributed by atoms with Crippen molar-refractivity contribution in [3.05, 3.63) is 65.7 Å². The van der Waals surface area contributed by atoms with E-state index in [2.05, 4.69) is 34.1 Å². The molecule has 1 saturated heterocycles. The van der Waals surface area contributed by atoms with E-state index in [1.807, 2.05) is 6.07 Å². The molecule has 3 rings (SSSR count). The van der Waals surface area contributed by atoms with Crippen LogP contribution in [0.2, 0.25) is 0 Å². The van der Waals surface area contributed by atoms with Crippen molar-refractivity contribution in [2.45, 2.75) is 19.6 Å². The van der Waals surface area contributed by atoms with Crippen molar-refractivity contribution in [1.82, 2.24) is 9.80 Å². The Morgan fingerprint density at radius 2 is 1.61 bits per heavy atom. The van der Waals surface area contributed by atoms with Crippen LogP contribution in [0, 0.1) is 0 Å². The van der Waals surface area contributed by atoms with Gasteiger partial charge in [-0.3, -0.25) is 14.6 Å². The second-order valence-electron chi connectivity index (χ2n) is 7.11. The van der Waals surface area contributed by atoms with Crippen LogP contribution in [0.15, 0.2) is 54.6 Å². The molecule has 1 aliphatic rings. The van der Waals surface area contributed by atoms with Gasteiger partial charge in [-0.05, 0) is 36.8 Å². The standard InChI is InChI=1S/C22H28N2O3.ClH/c1-18(25)20-7-9-22(10-8-20)27-17-21(26)16-24-13-11-23(12-14-24)15-19-5-3-2-4-6-19;/h2-10,21,26H,11-17H2,1H3;1H. The van der Waals surface area contributed by atoms with Crippen molar-refractivity contribution < 1.29 is 14.6 Å². The fourth-order valence-electron chi connectivity index (χ4n) is 3.30. The summed E-state index contributed by atoms with van der Waals surface area (Å²) in [7, 11) is 0. The number of benzene rings is 2. The first kappa shape index (κ1) is 22.4. The molecule has 0 aromatic heterocycles. The molecule has 0 amide bonds. The van der Waals surface area contributed by atoms with Gasteiger partial charge in [0.15, 0.2) is 5.78 Å². The number of Topliss-reactive ketones (excluding diaryl/α,β-unsaturated/α-hetero) is 1. The third-order valence-corrected chi connectivity index (χ3v) is 4.89. The summed E-state index contributed by atoms with van der Waals surface area (Å²) in [6.07, 6.45) is -0.529. The highest BCUT2D eigenvalue weighted by molar-refractivity contribution is 5.94. The molecule has 28 heavy (non-hydrogen) atoms. The molecule has 1 heterocycles. The molecule has 5 nitrogen and oxygen atoms in total. The monoisotopic (exact) mass is 404 g/mol. The number of aliphatic hydroxyl groups excluding tert-OH is 1. The Balaban J connectivity index is 0.00000280. The van der Waals surface area contributed by atoms with Gasteiger partial charge in [-0.1, -0.05) is 30.3 Å². The summed E-state index contributed by atoms with van der Waals surface area (Å²) in [4.78, 5) is 16.0. The Labute approximate surface area is 173 Å². The summed E-state index contributed by atoms with van der Waals surface area (Å²) < 4.78 is 5.65. The smallest absolute Gasteiger partial charge is 0.159 e. The number of ketones is 1. The lowest BCUT2D eigenvalue weighted by molar-refractivity contribution is 0.0446. The van der Waals surface area contributed by atoms with Crippen LogP contribution in [0.4, 0.5) is 0 Å². The quantitative estimate of drug-likeness (QED) is 0.685. The van der Waals surface area contributed by atoms with Crippen molar-refractivity contribution in [3.63, 3.8) is 0 Å². The average Bonchev–Trinajstić information content (AvgIpc) is 2.69. The average molecular weight is 405 g/mol. The van der Waals surface area contributed by atoms with E-state index in [1.54, 1.807) is 31.2 Å². The number of halogens is 1. The summed E-state index contributed by atoms with van der Waals surface area (Å²) in [6.45, 7) is 7.32. The summed E-state index contributed by atoms with van der Waals surface area (Å²) in [5.74, 6) is 0.708. The van der Waals surface area contributed by atoms with Crippen LogP contribution in [0.25, 0.3) is 0 Å². The van der Waals surface area contributed by atoms with Gasteiger partial charge in [-0.15, -0.1) is 12.4 Å². The highest BCUT2D eigenvalue weighted by atomic mass is 35.5. The number of hydrogen-bond acceptors (Lipinski definition) is 5. The van der Waals surface area contributed by atoms with Gasteiger partial charge in [0.2, 0.25) is 0 Å². The maximum atomic E-state index is 11.3. The molecule has 0 bridgehead atoms. The van der Waals surface area contributed by atoms with Crippen molar-refractivity contribution in [1.29, 1.82) is 0 Å². The van der Waals surface area contributed by atoms with E-state index in [0.29, 0.717) is 17.9 Å². The van der Waals surface area contributed by atoms with Gasteiger partial charge in [-0.2, -0.15) is 0 Å². The largest absolute Gasteiger partial charge is 0.491 e.